The first-order chi connectivity index (χ1) is 12.3. The molecule has 1 saturated heterocycles. The summed E-state index contributed by atoms with van der Waals surface area (Å²) in [7, 11) is 4.21. The molecule has 1 atom stereocenters. The Bertz CT molecular complexity index is 741. The maximum absolute atomic E-state index is 13.3. The monoisotopic (exact) mass is 353 g/mol. The number of carbonyl (C=O) groups is 1. The first-order valence-electron chi connectivity index (χ1n) is 9.15. The Morgan fingerprint density at radius 2 is 1.65 bits per heavy atom. The quantitative estimate of drug-likeness (QED) is 0.769. The van der Waals surface area contributed by atoms with Crippen LogP contribution in [0, 0.1) is 0 Å². The highest BCUT2D eigenvalue weighted by atomic mass is 16.5. The molecular weight excluding hydrogens is 324 g/mol. The van der Waals surface area contributed by atoms with Crippen LogP contribution in [0.25, 0.3) is 0 Å². The van der Waals surface area contributed by atoms with Gasteiger partial charge in [0.2, 0.25) is 0 Å². The molecule has 0 bridgehead atoms. The number of hydrogen-bond acceptors (Lipinski definition) is 2. The third-order valence-electron chi connectivity index (χ3n) is 4.96. The van der Waals surface area contributed by atoms with E-state index in [1.807, 2.05) is 55.1 Å². The van der Waals surface area contributed by atoms with Gasteiger partial charge in [0.15, 0.2) is 6.54 Å². The van der Waals surface area contributed by atoms with Crippen molar-refractivity contribution >= 4 is 5.91 Å². The number of quaternary nitrogens is 1. The number of hydrogen-bond donors (Lipinski definition) is 0. The van der Waals surface area contributed by atoms with Crippen LogP contribution in [0.3, 0.4) is 0 Å². The maximum atomic E-state index is 13.3. The summed E-state index contributed by atoms with van der Waals surface area (Å²) in [5.41, 5.74) is 1.77. The summed E-state index contributed by atoms with van der Waals surface area (Å²) < 4.78 is 6.58. The number of amides is 1. The Labute approximate surface area is 156 Å². The lowest BCUT2D eigenvalue weighted by molar-refractivity contribution is -0.896. The molecule has 3 rings (SSSR count). The van der Waals surface area contributed by atoms with Crippen LogP contribution in [-0.2, 0) is 16.1 Å². The number of likely N-dealkylation sites (N-methyl/N-ethyl adjacent to an activating group) is 1. The molecule has 0 unspecified atom stereocenters. The van der Waals surface area contributed by atoms with E-state index in [2.05, 4.69) is 38.4 Å². The van der Waals surface area contributed by atoms with Crippen LogP contribution in [0.4, 0.5) is 0 Å². The van der Waals surface area contributed by atoms with Gasteiger partial charge in [0.25, 0.3) is 5.91 Å². The molecule has 1 fully saturated rings. The number of ether oxygens (including phenoxy) is 1. The van der Waals surface area contributed by atoms with Gasteiger partial charge in [-0.15, -0.1) is 0 Å². The van der Waals surface area contributed by atoms with Crippen LogP contribution in [0.15, 0.2) is 60.7 Å². The molecule has 0 radical (unpaired) electrons. The van der Waals surface area contributed by atoms with Crippen molar-refractivity contribution in [3.63, 3.8) is 0 Å². The summed E-state index contributed by atoms with van der Waals surface area (Å²) in [5, 5.41) is 0. The molecule has 0 spiro atoms. The molecule has 4 nitrogen and oxygen atoms in total. The predicted molar refractivity (Wildman–Crippen MR) is 103 cm³/mol. The Hall–Kier alpha value is -2.17. The zero-order valence-electron chi connectivity index (χ0n) is 16.2. The van der Waals surface area contributed by atoms with Gasteiger partial charge in [-0.25, -0.2) is 0 Å². The van der Waals surface area contributed by atoms with Crippen LogP contribution in [0.1, 0.15) is 31.0 Å². The zero-order chi connectivity index (χ0) is 18.8. The molecule has 1 heterocycles. The first kappa shape index (κ1) is 18.6. The van der Waals surface area contributed by atoms with Crippen LogP contribution in [0.2, 0.25) is 0 Å². The van der Waals surface area contributed by atoms with E-state index in [9.17, 15) is 4.79 Å². The molecule has 0 N–H and O–H groups in total. The standard InChI is InChI=1S/C22H29N2O2/c1-22(2)23(20(17-26-22)19-13-9-6-10-14-19)21(25)16-24(3,4)15-18-11-7-5-8-12-18/h5-14,20H,15-17H2,1-4H3/q+1/t20-/m0/s1. The summed E-state index contributed by atoms with van der Waals surface area (Å²) in [6, 6.07) is 20.5. The van der Waals surface area contributed by atoms with E-state index in [1.54, 1.807) is 0 Å². The number of carbonyl (C=O) groups excluding carboxylic acids is 1. The fourth-order valence-corrected chi connectivity index (χ4v) is 3.77. The van der Waals surface area contributed by atoms with E-state index < -0.39 is 5.72 Å². The van der Waals surface area contributed by atoms with Gasteiger partial charge in [0.1, 0.15) is 12.3 Å². The summed E-state index contributed by atoms with van der Waals surface area (Å²) in [6.45, 7) is 5.74. The van der Waals surface area contributed by atoms with E-state index in [-0.39, 0.29) is 11.9 Å². The topological polar surface area (TPSA) is 29.5 Å². The number of rotatable bonds is 5. The smallest absolute Gasteiger partial charge is 0.280 e. The van der Waals surface area contributed by atoms with Crippen molar-refractivity contribution in [1.29, 1.82) is 0 Å². The molecule has 0 aromatic heterocycles. The molecule has 1 aliphatic rings. The first-order valence-corrected chi connectivity index (χ1v) is 9.15. The van der Waals surface area contributed by atoms with Gasteiger partial charge < -0.3 is 14.1 Å². The van der Waals surface area contributed by atoms with Crippen molar-refractivity contribution in [2.45, 2.75) is 32.2 Å². The third-order valence-corrected chi connectivity index (χ3v) is 4.96. The van der Waals surface area contributed by atoms with Crippen LogP contribution in [0.5, 0.6) is 0 Å². The Morgan fingerprint density at radius 1 is 1.08 bits per heavy atom. The van der Waals surface area contributed by atoms with E-state index in [4.69, 9.17) is 4.74 Å². The third kappa shape index (κ3) is 4.14. The summed E-state index contributed by atoms with van der Waals surface area (Å²) >= 11 is 0. The summed E-state index contributed by atoms with van der Waals surface area (Å²) in [5.74, 6) is 0.127. The normalized spacial score (nSPS) is 19.5. The van der Waals surface area contributed by atoms with Crippen molar-refractivity contribution < 1.29 is 14.0 Å². The Balaban J connectivity index is 1.77. The molecular formula is C22H29N2O2+. The lowest BCUT2D eigenvalue weighted by Gasteiger charge is -2.37. The van der Waals surface area contributed by atoms with Crippen molar-refractivity contribution in [3.8, 4) is 0 Å². The molecule has 138 valence electrons. The van der Waals surface area contributed by atoms with Crippen LogP contribution >= 0.6 is 0 Å². The molecule has 0 aliphatic carbocycles. The molecule has 2 aromatic rings. The SMILES string of the molecule is CC1(C)OC[C@@H](c2ccccc2)N1C(=O)C[N+](C)(C)Cc1ccccc1. The molecule has 4 heteroatoms. The van der Waals surface area contributed by atoms with E-state index in [0.29, 0.717) is 17.6 Å². The fourth-order valence-electron chi connectivity index (χ4n) is 3.77. The van der Waals surface area contributed by atoms with Gasteiger partial charge in [-0.3, -0.25) is 4.79 Å². The predicted octanol–water partition coefficient (Wildman–Crippen LogP) is 3.60. The number of nitrogens with zero attached hydrogens (tertiary/aromatic N) is 2. The second kappa shape index (κ2) is 7.22. The van der Waals surface area contributed by atoms with E-state index in [1.165, 1.54) is 5.56 Å². The zero-order valence-corrected chi connectivity index (χ0v) is 16.2. The number of benzene rings is 2. The summed E-state index contributed by atoms with van der Waals surface area (Å²) in [4.78, 5) is 15.2. The Morgan fingerprint density at radius 3 is 2.27 bits per heavy atom. The van der Waals surface area contributed by atoms with Gasteiger partial charge in [-0.2, -0.15) is 0 Å². The van der Waals surface area contributed by atoms with E-state index >= 15 is 0 Å². The lowest BCUT2D eigenvalue weighted by atomic mass is 10.1. The molecule has 1 aliphatic heterocycles. The maximum Gasteiger partial charge on any atom is 0.280 e. The highest BCUT2D eigenvalue weighted by Gasteiger charge is 2.45. The molecule has 2 aromatic carbocycles. The van der Waals surface area contributed by atoms with Gasteiger partial charge >= 0.3 is 0 Å². The minimum absolute atomic E-state index is 0.0320. The minimum atomic E-state index is -0.593. The highest BCUT2D eigenvalue weighted by Crippen LogP contribution is 2.37. The minimum Gasteiger partial charge on any atom is -0.354 e. The molecule has 0 saturated carbocycles. The average Bonchev–Trinajstić information content (AvgIpc) is 2.91. The molecule has 26 heavy (non-hydrogen) atoms. The van der Waals surface area contributed by atoms with Crippen LogP contribution < -0.4 is 0 Å². The largest absolute Gasteiger partial charge is 0.354 e. The lowest BCUT2D eigenvalue weighted by Crippen LogP contribution is -2.52. The van der Waals surface area contributed by atoms with Gasteiger partial charge in [0, 0.05) is 5.56 Å². The average molecular weight is 353 g/mol. The van der Waals surface area contributed by atoms with E-state index in [0.717, 1.165) is 12.1 Å². The van der Waals surface area contributed by atoms with Crippen molar-refractivity contribution in [3.05, 3.63) is 71.8 Å². The highest BCUT2D eigenvalue weighted by molar-refractivity contribution is 5.79. The van der Waals surface area contributed by atoms with Crippen molar-refractivity contribution in [1.82, 2.24) is 4.90 Å². The van der Waals surface area contributed by atoms with Gasteiger partial charge in [-0.1, -0.05) is 60.7 Å². The second-order valence-corrected chi connectivity index (χ2v) is 8.19. The fraction of sp³-hybridized carbons (Fsp3) is 0.409. The Kier molecular flexibility index (Phi) is 5.17. The van der Waals surface area contributed by atoms with Gasteiger partial charge in [0.05, 0.1) is 26.7 Å². The van der Waals surface area contributed by atoms with Crippen LogP contribution in [-0.4, -0.2) is 48.3 Å². The second-order valence-electron chi connectivity index (χ2n) is 8.19. The summed E-state index contributed by atoms with van der Waals surface area (Å²) in [6.07, 6.45) is 0. The van der Waals surface area contributed by atoms with Gasteiger partial charge in [-0.05, 0) is 19.4 Å². The molecule has 1 amide bonds. The van der Waals surface area contributed by atoms with Crippen molar-refractivity contribution in [2.75, 3.05) is 27.2 Å². The van der Waals surface area contributed by atoms with Crippen molar-refractivity contribution in [2.24, 2.45) is 0 Å².